The van der Waals surface area contributed by atoms with E-state index < -0.39 is 5.60 Å². The number of hydrogen-bond acceptors (Lipinski definition) is 5. The summed E-state index contributed by atoms with van der Waals surface area (Å²) in [6.45, 7) is 11.5. The fourth-order valence-corrected chi connectivity index (χ4v) is 2.26. The van der Waals surface area contributed by atoms with Crippen LogP contribution >= 0.6 is 0 Å². The van der Waals surface area contributed by atoms with Gasteiger partial charge in [0.2, 0.25) is 0 Å². The summed E-state index contributed by atoms with van der Waals surface area (Å²) in [7, 11) is 1.70. The average molecular weight is 295 g/mol. The maximum atomic E-state index is 10.0. The Morgan fingerprint density at radius 3 is 2.67 bits per heavy atom. The van der Waals surface area contributed by atoms with Gasteiger partial charge in [0, 0.05) is 39.5 Å². The number of aryl methyl sites for hydroxylation is 1. The number of methoxy groups -OCH3 is 1. The molecule has 0 unspecified atom stereocenters. The summed E-state index contributed by atoms with van der Waals surface area (Å²) >= 11 is 0. The lowest BCUT2D eigenvalue weighted by atomic mass is 10.1. The van der Waals surface area contributed by atoms with Crippen LogP contribution in [0, 0.1) is 6.92 Å². The molecule has 0 bridgehead atoms. The molecule has 0 fully saturated rings. The molecular weight excluding hydrogens is 266 g/mol. The van der Waals surface area contributed by atoms with E-state index in [2.05, 4.69) is 35.1 Å². The second-order valence-electron chi connectivity index (χ2n) is 5.98. The highest BCUT2D eigenvalue weighted by molar-refractivity contribution is 5.47. The quantitative estimate of drug-likeness (QED) is 0.679. The van der Waals surface area contributed by atoms with Gasteiger partial charge >= 0.3 is 0 Å². The number of hydrogen-bond donors (Lipinski definition) is 2. The first kappa shape index (κ1) is 17.9. The van der Waals surface area contributed by atoms with Crippen LogP contribution in [0.3, 0.4) is 0 Å². The van der Waals surface area contributed by atoms with Crippen LogP contribution < -0.4 is 10.2 Å². The van der Waals surface area contributed by atoms with Gasteiger partial charge in [0.1, 0.15) is 5.82 Å². The fourth-order valence-electron chi connectivity index (χ4n) is 2.26. The summed E-state index contributed by atoms with van der Waals surface area (Å²) in [5, 5.41) is 13.3. The zero-order chi connectivity index (χ0) is 15.9. The molecule has 0 saturated heterocycles. The lowest BCUT2D eigenvalue weighted by molar-refractivity contribution is 0.0874. The molecule has 0 radical (unpaired) electrons. The van der Waals surface area contributed by atoms with E-state index in [1.807, 2.05) is 20.0 Å². The van der Waals surface area contributed by atoms with Crippen molar-refractivity contribution in [2.45, 2.75) is 39.8 Å². The standard InChI is InChI=1S/C16H29N3O2/c1-6-19(12-16(3,4)20)15-13(2)9-14(11-18-15)10-17-7-8-21-5/h9,11,17,20H,6-8,10,12H2,1-5H3. The van der Waals surface area contributed by atoms with Gasteiger partial charge in [0.25, 0.3) is 0 Å². The molecule has 120 valence electrons. The number of likely N-dealkylation sites (N-methyl/N-ethyl adjacent to an activating group) is 1. The van der Waals surface area contributed by atoms with Crippen molar-refractivity contribution in [3.8, 4) is 0 Å². The molecule has 21 heavy (non-hydrogen) atoms. The van der Waals surface area contributed by atoms with E-state index in [9.17, 15) is 5.11 Å². The minimum absolute atomic E-state index is 0.572. The van der Waals surface area contributed by atoms with Crippen molar-refractivity contribution in [1.29, 1.82) is 0 Å². The van der Waals surface area contributed by atoms with E-state index >= 15 is 0 Å². The molecule has 0 aliphatic rings. The summed E-state index contributed by atoms with van der Waals surface area (Å²) in [5.74, 6) is 0.945. The molecule has 2 N–H and O–H groups in total. The van der Waals surface area contributed by atoms with Crippen molar-refractivity contribution in [3.63, 3.8) is 0 Å². The number of nitrogens with one attached hydrogen (secondary N) is 1. The summed E-state index contributed by atoms with van der Waals surface area (Å²) in [6.07, 6.45) is 1.90. The minimum atomic E-state index is -0.732. The van der Waals surface area contributed by atoms with Gasteiger partial charge in [-0.3, -0.25) is 0 Å². The van der Waals surface area contributed by atoms with Gasteiger partial charge in [-0.05, 0) is 44.9 Å². The predicted octanol–water partition coefficient (Wildman–Crippen LogP) is 1.72. The molecular formula is C16H29N3O2. The summed E-state index contributed by atoms with van der Waals surface area (Å²) in [6, 6.07) is 2.15. The van der Waals surface area contributed by atoms with Crippen molar-refractivity contribution in [2.75, 3.05) is 38.3 Å². The number of ether oxygens (including phenoxy) is 1. The topological polar surface area (TPSA) is 57.6 Å². The van der Waals surface area contributed by atoms with Gasteiger partial charge in [-0.25, -0.2) is 4.98 Å². The maximum absolute atomic E-state index is 10.0. The molecule has 0 amide bonds. The third-order valence-electron chi connectivity index (χ3n) is 3.18. The first-order chi connectivity index (χ1) is 9.87. The van der Waals surface area contributed by atoms with Crippen LogP contribution in [0.2, 0.25) is 0 Å². The number of anilines is 1. The number of rotatable bonds is 9. The second-order valence-corrected chi connectivity index (χ2v) is 5.98. The normalized spacial score (nSPS) is 11.7. The molecule has 5 nitrogen and oxygen atoms in total. The van der Waals surface area contributed by atoms with Gasteiger partial charge in [-0.15, -0.1) is 0 Å². The summed E-state index contributed by atoms with van der Waals surface area (Å²) < 4.78 is 5.01. The molecule has 0 saturated carbocycles. The van der Waals surface area contributed by atoms with Crippen molar-refractivity contribution in [2.24, 2.45) is 0 Å². The van der Waals surface area contributed by atoms with Crippen LogP contribution in [-0.4, -0.2) is 49.0 Å². The zero-order valence-corrected chi connectivity index (χ0v) is 13.9. The highest BCUT2D eigenvalue weighted by Gasteiger charge is 2.19. The second kappa shape index (κ2) is 8.32. The summed E-state index contributed by atoms with van der Waals surface area (Å²) in [4.78, 5) is 6.68. The van der Waals surface area contributed by atoms with Gasteiger partial charge in [0.05, 0.1) is 12.2 Å². The van der Waals surface area contributed by atoms with Gasteiger partial charge < -0.3 is 20.1 Å². The Labute approximate surface area is 128 Å². The Bertz CT molecular complexity index is 430. The molecule has 0 aromatic carbocycles. The number of aliphatic hydroxyl groups is 1. The monoisotopic (exact) mass is 295 g/mol. The van der Waals surface area contributed by atoms with Gasteiger partial charge in [-0.2, -0.15) is 0 Å². The number of pyridine rings is 1. The van der Waals surface area contributed by atoms with Crippen molar-refractivity contribution in [1.82, 2.24) is 10.3 Å². The van der Waals surface area contributed by atoms with Crippen LogP contribution in [0.25, 0.3) is 0 Å². The largest absolute Gasteiger partial charge is 0.389 e. The maximum Gasteiger partial charge on any atom is 0.131 e. The van der Waals surface area contributed by atoms with E-state index in [4.69, 9.17) is 4.74 Å². The van der Waals surface area contributed by atoms with Crippen LogP contribution in [-0.2, 0) is 11.3 Å². The summed E-state index contributed by atoms with van der Waals surface area (Å²) in [5.41, 5.74) is 1.56. The Morgan fingerprint density at radius 1 is 1.43 bits per heavy atom. The first-order valence-corrected chi connectivity index (χ1v) is 7.50. The molecule has 1 heterocycles. The van der Waals surface area contributed by atoms with Crippen molar-refractivity contribution >= 4 is 5.82 Å². The Hall–Kier alpha value is -1.17. The van der Waals surface area contributed by atoms with Gasteiger partial charge in [0.15, 0.2) is 0 Å². The van der Waals surface area contributed by atoms with E-state index in [0.717, 1.165) is 36.6 Å². The van der Waals surface area contributed by atoms with E-state index in [1.54, 1.807) is 7.11 Å². The van der Waals surface area contributed by atoms with Crippen LogP contribution in [0.1, 0.15) is 31.9 Å². The van der Waals surface area contributed by atoms with Crippen LogP contribution in [0.4, 0.5) is 5.82 Å². The lowest BCUT2D eigenvalue weighted by Gasteiger charge is -2.30. The van der Waals surface area contributed by atoms with Crippen molar-refractivity contribution in [3.05, 3.63) is 23.4 Å². The zero-order valence-electron chi connectivity index (χ0n) is 13.9. The Kier molecular flexibility index (Phi) is 7.08. The third kappa shape index (κ3) is 6.42. The lowest BCUT2D eigenvalue weighted by Crippen LogP contribution is -2.39. The number of aromatic nitrogens is 1. The Balaban J connectivity index is 2.72. The fraction of sp³-hybridized carbons (Fsp3) is 0.688. The SMILES string of the molecule is CCN(CC(C)(C)O)c1ncc(CNCCOC)cc1C. The van der Waals surface area contributed by atoms with Crippen molar-refractivity contribution < 1.29 is 9.84 Å². The van der Waals surface area contributed by atoms with E-state index in [0.29, 0.717) is 13.2 Å². The molecule has 5 heteroatoms. The predicted molar refractivity (Wildman–Crippen MR) is 86.7 cm³/mol. The van der Waals surface area contributed by atoms with Crippen LogP contribution in [0.15, 0.2) is 12.3 Å². The first-order valence-electron chi connectivity index (χ1n) is 7.50. The van der Waals surface area contributed by atoms with E-state index in [-0.39, 0.29) is 0 Å². The molecule has 0 aliphatic heterocycles. The molecule has 1 aromatic heterocycles. The van der Waals surface area contributed by atoms with E-state index in [1.165, 1.54) is 0 Å². The molecule has 1 rings (SSSR count). The van der Waals surface area contributed by atoms with Gasteiger partial charge in [-0.1, -0.05) is 0 Å². The van der Waals surface area contributed by atoms with Crippen LogP contribution in [0.5, 0.6) is 0 Å². The molecule has 0 aliphatic carbocycles. The highest BCUT2D eigenvalue weighted by Crippen LogP contribution is 2.20. The number of nitrogens with zero attached hydrogens (tertiary/aromatic N) is 2. The average Bonchev–Trinajstić information content (AvgIpc) is 2.40. The Morgan fingerprint density at radius 2 is 2.14 bits per heavy atom. The molecule has 0 atom stereocenters. The molecule has 0 spiro atoms. The highest BCUT2D eigenvalue weighted by atomic mass is 16.5. The third-order valence-corrected chi connectivity index (χ3v) is 3.18. The minimum Gasteiger partial charge on any atom is -0.389 e. The molecule has 1 aromatic rings. The smallest absolute Gasteiger partial charge is 0.131 e.